The van der Waals surface area contributed by atoms with Gasteiger partial charge in [-0.2, -0.15) is 0 Å². The van der Waals surface area contributed by atoms with Crippen LogP contribution in [0.25, 0.3) is 0 Å². The summed E-state index contributed by atoms with van der Waals surface area (Å²) in [7, 11) is 0. The van der Waals surface area contributed by atoms with Crippen LogP contribution in [0.3, 0.4) is 0 Å². The minimum Gasteiger partial charge on any atom is -0.478 e. The van der Waals surface area contributed by atoms with Crippen LogP contribution < -0.4 is 0 Å². The fourth-order valence-corrected chi connectivity index (χ4v) is 5.07. The number of hydrogen-bond donors (Lipinski definition) is 3. The van der Waals surface area contributed by atoms with Gasteiger partial charge in [0.25, 0.3) is 0 Å². The molecule has 3 rings (SSSR count). The minimum atomic E-state index is -0.981. The smallest absolute Gasteiger partial charge is 0.327 e. The molecular weight excluding hydrogens is 244 g/mol. The SMILES string of the molecule is C=CC(=O)O.OCC12CCC(C1)C1CCCC12CO. The van der Waals surface area contributed by atoms with E-state index in [1.165, 1.54) is 25.7 Å². The highest BCUT2D eigenvalue weighted by Gasteiger charge is 2.67. The van der Waals surface area contributed by atoms with Crippen LogP contribution >= 0.6 is 0 Å². The van der Waals surface area contributed by atoms with Gasteiger partial charge in [0.2, 0.25) is 0 Å². The molecule has 0 amide bonds. The highest BCUT2D eigenvalue weighted by Crippen LogP contribution is 2.72. The van der Waals surface area contributed by atoms with E-state index >= 15 is 0 Å². The molecule has 19 heavy (non-hydrogen) atoms. The number of aliphatic hydroxyl groups is 2. The molecule has 0 aliphatic heterocycles. The number of rotatable bonds is 3. The standard InChI is InChI=1S/C12H20O2.C3H4O2/c13-7-11-5-3-9(6-11)10-2-1-4-12(10,11)8-14;1-2-3(4)5/h9-10,13-14H,1-8H2;2H,1H2,(H,4,5). The molecule has 0 heterocycles. The summed E-state index contributed by atoms with van der Waals surface area (Å²) >= 11 is 0. The third-order valence-corrected chi connectivity index (χ3v) is 5.88. The molecule has 0 aromatic rings. The Kier molecular flexibility index (Phi) is 4.02. The molecular formula is C15H24O4. The molecule has 0 spiro atoms. The summed E-state index contributed by atoms with van der Waals surface area (Å²) in [5, 5.41) is 27.0. The Morgan fingerprint density at radius 1 is 1.26 bits per heavy atom. The molecule has 4 atom stereocenters. The van der Waals surface area contributed by atoms with Crippen LogP contribution in [-0.4, -0.2) is 34.5 Å². The Balaban J connectivity index is 0.000000232. The Bertz CT molecular complexity index is 367. The van der Waals surface area contributed by atoms with Crippen molar-refractivity contribution in [2.24, 2.45) is 22.7 Å². The van der Waals surface area contributed by atoms with E-state index in [9.17, 15) is 15.0 Å². The average Bonchev–Trinajstić information content (AvgIpc) is 3.09. The zero-order chi connectivity index (χ0) is 14.1. The van der Waals surface area contributed by atoms with E-state index in [0.717, 1.165) is 30.8 Å². The highest BCUT2D eigenvalue weighted by molar-refractivity contribution is 5.78. The fraction of sp³-hybridized carbons (Fsp3) is 0.800. The number of carbonyl (C=O) groups is 1. The Morgan fingerprint density at radius 2 is 1.95 bits per heavy atom. The second kappa shape index (κ2) is 5.25. The lowest BCUT2D eigenvalue weighted by molar-refractivity contribution is -0.131. The molecule has 3 N–H and O–H groups in total. The third-order valence-electron chi connectivity index (χ3n) is 5.88. The first kappa shape index (κ1) is 14.5. The lowest BCUT2D eigenvalue weighted by Gasteiger charge is -2.46. The Hall–Kier alpha value is -0.870. The van der Waals surface area contributed by atoms with Crippen LogP contribution in [0.5, 0.6) is 0 Å². The summed E-state index contributed by atoms with van der Waals surface area (Å²) in [4.78, 5) is 9.25. The molecule has 3 aliphatic carbocycles. The number of carboxylic acids is 1. The number of aliphatic carboxylic acids is 1. The van der Waals surface area contributed by atoms with Crippen LogP contribution in [0.1, 0.15) is 38.5 Å². The van der Waals surface area contributed by atoms with E-state index in [1.807, 2.05) is 0 Å². The molecule has 4 unspecified atom stereocenters. The van der Waals surface area contributed by atoms with Gasteiger partial charge in [-0.1, -0.05) is 13.0 Å². The number of carboxylic acid groups (broad SMARTS) is 1. The maximum atomic E-state index is 9.73. The van der Waals surface area contributed by atoms with Gasteiger partial charge in [-0.15, -0.1) is 0 Å². The van der Waals surface area contributed by atoms with Crippen molar-refractivity contribution in [1.29, 1.82) is 0 Å². The van der Waals surface area contributed by atoms with Crippen molar-refractivity contribution in [2.45, 2.75) is 38.5 Å². The van der Waals surface area contributed by atoms with Crippen molar-refractivity contribution in [3.8, 4) is 0 Å². The van der Waals surface area contributed by atoms with Crippen molar-refractivity contribution in [1.82, 2.24) is 0 Å². The highest BCUT2D eigenvalue weighted by atomic mass is 16.4. The molecule has 0 radical (unpaired) electrons. The summed E-state index contributed by atoms with van der Waals surface area (Å²) in [5.74, 6) is 0.565. The van der Waals surface area contributed by atoms with Gasteiger partial charge in [-0.3, -0.25) is 0 Å². The van der Waals surface area contributed by atoms with Crippen molar-refractivity contribution < 1.29 is 20.1 Å². The summed E-state index contributed by atoms with van der Waals surface area (Å²) in [6.45, 7) is 3.58. The lowest BCUT2D eigenvalue weighted by Crippen LogP contribution is -2.45. The first-order valence-corrected chi connectivity index (χ1v) is 7.12. The summed E-state index contributed by atoms with van der Waals surface area (Å²) in [6.07, 6.45) is 8.20. The Labute approximate surface area is 114 Å². The summed E-state index contributed by atoms with van der Waals surface area (Å²) in [5.41, 5.74) is 0.220. The van der Waals surface area contributed by atoms with E-state index < -0.39 is 5.97 Å². The van der Waals surface area contributed by atoms with Gasteiger partial charge in [-0.25, -0.2) is 4.79 Å². The van der Waals surface area contributed by atoms with Crippen LogP contribution in [0.4, 0.5) is 0 Å². The van der Waals surface area contributed by atoms with E-state index in [0.29, 0.717) is 13.2 Å². The monoisotopic (exact) mass is 268 g/mol. The van der Waals surface area contributed by atoms with E-state index in [1.54, 1.807) is 0 Å². The molecule has 2 bridgehead atoms. The molecule has 4 nitrogen and oxygen atoms in total. The molecule has 4 heteroatoms. The van der Waals surface area contributed by atoms with Gasteiger partial charge < -0.3 is 15.3 Å². The third kappa shape index (κ3) is 2.01. The van der Waals surface area contributed by atoms with Gasteiger partial charge in [0.15, 0.2) is 0 Å². The van der Waals surface area contributed by atoms with E-state index in [2.05, 4.69) is 6.58 Å². The van der Waals surface area contributed by atoms with Gasteiger partial charge >= 0.3 is 5.97 Å². The van der Waals surface area contributed by atoms with Gasteiger partial charge in [-0.05, 0) is 43.9 Å². The zero-order valence-electron chi connectivity index (χ0n) is 11.3. The molecule has 0 aromatic carbocycles. The maximum absolute atomic E-state index is 9.73. The molecule has 3 aliphatic rings. The second-order valence-electron chi connectivity index (χ2n) is 6.30. The predicted octanol–water partition coefficient (Wildman–Crippen LogP) is 1.81. The van der Waals surface area contributed by atoms with E-state index in [-0.39, 0.29) is 10.8 Å². The van der Waals surface area contributed by atoms with Crippen LogP contribution in [0.15, 0.2) is 12.7 Å². The van der Waals surface area contributed by atoms with Crippen LogP contribution in [-0.2, 0) is 4.79 Å². The average molecular weight is 268 g/mol. The summed E-state index contributed by atoms with van der Waals surface area (Å²) in [6, 6.07) is 0. The number of fused-ring (bicyclic) bond motifs is 5. The van der Waals surface area contributed by atoms with Gasteiger partial charge in [0, 0.05) is 30.1 Å². The van der Waals surface area contributed by atoms with Gasteiger partial charge in [0.05, 0.1) is 0 Å². The quantitative estimate of drug-likeness (QED) is 0.682. The van der Waals surface area contributed by atoms with Crippen molar-refractivity contribution in [3.63, 3.8) is 0 Å². The van der Waals surface area contributed by atoms with Crippen molar-refractivity contribution >= 4 is 5.97 Å². The zero-order valence-corrected chi connectivity index (χ0v) is 11.3. The molecule has 3 fully saturated rings. The number of hydrogen-bond acceptors (Lipinski definition) is 3. The first-order valence-electron chi connectivity index (χ1n) is 7.12. The molecule has 0 saturated heterocycles. The normalized spacial score (nSPS) is 42.4. The van der Waals surface area contributed by atoms with E-state index in [4.69, 9.17) is 5.11 Å². The lowest BCUT2D eigenvalue weighted by atomic mass is 9.60. The largest absolute Gasteiger partial charge is 0.478 e. The topological polar surface area (TPSA) is 77.8 Å². The van der Waals surface area contributed by atoms with Gasteiger partial charge in [0.1, 0.15) is 0 Å². The maximum Gasteiger partial charge on any atom is 0.327 e. The minimum absolute atomic E-state index is 0.105. The number of aliphatic hydroxyl groups excluding tert-OH is 2. The first-order chi connectivity index (χ1) is 9.05. The van der Waals surface area contributed by atoms with Crippen molar-refractivity contribution in [3.05, 3.63) is 12.7 Å². The van der Waals surface area contributed by atoms with Crippen molar-refractivity contribution in [2.75, 3.05) is 13.2 Å². The Morgan fingerprint density at radius 3 is 2.47 bits per heavy atom. The predicted molar refractivity (Wildman–Crippen MR) is 71.6 cm³/mol. The van der Waals surface area contributed by atoms with Crippen LogP contribution in [0.2, 0.25) is 0 Å². The molecule has 108 valence electrons. The molecule has 0 aromatic heterocycles. The second-order valence-corrected chi connectivity index (χ2v) is 6.30. The summed E-state index contributed by atoms with van der Waals surface area (Å²) < 4.78 is 0. The fourth-order valence-electron chi connectivity index (χ4n) is 5.07. The van der Waals surface area contributed by atoms with Crippen LogP contribution in [0, 0.1) is 22.7 Å². The molecule has 3 saturated carbocycles.